The third-order valence-corrected chi connectivity index (χ3v) is 6.08. The number of piperidine rings is 2. The van der Waals surface area contributed by atoms with E-state index in [1.54, 1.807) is 0 Å². The molecule has 2 atom stereocenters. The van der Waals surface area contributed by atoms with Crippen molar-refractivity contribution in [3.8, 4) is 0 Å². The maximum absolute atomic E-state index is 10.3. The third kappa shape index (κ3) is 4.43. The Bertz CT molecular complexity index is 296. The minimum Gasteiger partial charge on any atom is -0.393 e. The van der Waals surface area contributed by atoms with Crippen LogP contribution in [0.25, 0.3) is 0 Å². The fourth-order valence-corrected chi connectivity index (χ4v) is 4.66. The van der Waals surface area contributed by atoms with Crippen LogP contribution in [-0.2, 0) is 0 Å². The van der Waals surface area contributed by atoms with Crippen LogP contribution in [0.3, 0.4) is 0 Å². The molecule has 0 aromatic rings. The van der Waals surface area contributed by atoms with E-state index in [0.717, 1.165) is 19.0 Å². The fraction of sp³-hybridized carbons (Fsp3) is 1.00. The van der Waals surface area contributed by atoms with Gasteiger partial charge in [-0.05, 0) is 70.6 Å². The summed E-state index contributed by atoms with van der Waals surface area (Å²) in [4.78, 5) is 5.39. The molecule has 2 unspecified atom stereocenters. The van der Waals surface area contributed by atoms with Crippen molar-refractivity contribution in [1.82, 2.24) is 9.80 Å². The van der Waals surface area contributed by atoms with Crippen molar-refractivity contribution in [3.63, 3.8) is 0 Å². The van der Waals surface area contributed by atoms with E-state index in [-0.39, 0.29) is 6.10 Å². The average Bonchev–Trinajstić information content (AvgIpc) is 2.74. The molecule has 0 radical (unpaired) electrons. The molecule has 0 aromatic heterocycles. The van der Waals surface area contributed by atoms with Crippen molar-refractivity contribution < 1.29 is 5.11 Å². The molecule has 3 heteroatoms. The maximum atomic E-state index is 10.3. The molecule has 0 aromatic carbocycles. The first-order chi connectivity index (χ1) is 10.3. The third-order valence-electron chi connectivity index (χ3n) is 6.08. The summed E-state index contributed by atoms with van der Waals surface area (Å²) < 4.78 is 0. The molecule has 0 amide bonds. The Morgan fingerprint density at radius 2 is 1.38 bits per heavy atom. The van der Waals surface area contributed by atoms with Crippen molar-refractivity contribution in [2.45, 2.75) is 76.4 Å². The minimum atomic E-state index is -0.0349. The zero-order chi connectivity index (χ0) is 14.5. The topological polar surface area (TPSA) is 26.7 Å². The van der Waals surface area contributed by atoms with Gasteiger partial charge in [0.1, 0.15) is 0 Å². The summed E-state index contributed by atoms with van der Waals surface area (Å²) in [7, 11) is 0. The number of hydrogen-bond donors (Lipinski definition) is 1. The van der Waals surface area contributed by atoms with Crippen molar-refractivity contribution in [3.05, 3.63) is 0 Å². The Labute approximate surface area is 130 Å². The Kier molecular flexibility index (Phi) is 5.96. The molecule has 1 saturated carbocycles. The van der Waals surface area contributed by atoms with Crippen LogP contribution in [0.1, 0.15) is 64.2 Å². The number of rotatable bonds is 3. The average molecular weight is 294 g/mol. The summed E-state index contributed by atoms with van der Waals surface area (Å²) in [5, 5.41) is 10.3. The lowest BCUT2D eigenvalue weighted by Gasteiger charge is -2.41. The maximum Gasteiger partial charge on any atom is 0.0580 e. The molecule has 21 heavy (non-hydrogen) atoms. The molecule has 0 bridgehead atoms. The highest BCUT2D eigenvalue weighted by molar-refractivity contribution is 4.84. The van der Waals surface area contributed by atoms with Gasteiger partial charge in [-0.15, -0.1) is 0 Å². The molecule has 3 rings (SSSR count). The molecule has 3 nitrogen and oxygen atoms in total. The quantitative estimate of drug-likeness (QED) is 0.811. The van der Waals surface area contributed by atoms with Gasteiger partial charge >= 0.3 is 0 Å². The number of likely N-dealkylation sites (tertiary alicyclic amines) is 2. The fourth-order valence-electron chi connectivity index (χ4n) is 4.66. The molecular formula is C18H34N2O. The van der Waals surface area contributed by atoms with Gasteiger partial charge in [-0.2, -0.15) is 0 Å². The van der Waals surface area contributed by atoms with Crippen molar-refractivity contribution in [2.75, 3.05) is 32.7 Å². The van der Waals surface area contributed by atoms with Crippen molar-refractivity contribution >= 4 is 0 Å². The summed E-state index contributed by atoms with van der Waals surface area (Å²) in [6.45, 7) is 6.33. The molecular weight excluding hydrogens is 260 g/mol. The van der Waals surface area contributed by atoms with E-state index in [4.69, 9.17) is 0 Å². The lowest BCUT2D eigenvalue weighted by atomic mass is 9.94. The number of hydrogen-bond acceptors (Lipinski definition) is 3. The SMILES string of the molecule is OC1CCCCCC1CN1CCC(N2CCCCC2)CC1. The molecule has 3 fully saturated rings. The Morgan fingerprint density at radius 1 is 0.714 bits per heavy atom. The second-order valence-electron chi connectivity index (χ2n) is 7.59. The van der Waals surface area contributed by atoms with Gasteiger partial charge in [-0.3, -0.25) is 0 Å². The first-order valence-corrected chi connectivity index (χ1v) is 9.47. The Balaban J connectivity index is 1.42. The van der Waals surface area contributed by atoms with Crippen LogP contribution in [0.2, 0.25) is 0 Å². The summed E-state index contributed by atoms with van der Waals surface area (Å²) >= 11 is 0. The molecule has 0 spiro atoms. The van der Waals surface area contributed by atoms with Crippen LogP contribution in [0, 0.1) is 5.92 Å². The van der Waals surface area contributed by atoms with Crippen LogP contribution >= 0.6 is 0 Å². The standard InChI is InChI=1S/C18H34N2O/c21-18-8-4-1-3-7-16(18)15-19-13-9-17(10-14-19)20-11-5-2-6-12-20/h16-18,21H,1-15H2. The van der Waals surface area contributed by atoms with Gasteiger partial charge in [-0.25, -0.2) is 0 Å². The summed E-state index contributed by atoms with van der Waals surface area (Å²) in [5.41, 5.74) is 0. The first kappa shape index (κ1) is 15.8. The predicted octanol–water partition coefficient (Wildman–Crippen LogP) is 2.88. The number of aliphatic hydroxyl groups excluding tert-OH is 1. The summed E-state index contributed by atoms with van der Waals surface area (Å²) in [6, 6.07) is 0.848. The highest BCUT2D eigenvalue weighted by Gasteiger charge is 2.28. The second-order valence-corrected chi connectivity index (χ2v) is 7.59. The van der Waals surface area contributed by atoms with E-state index in [1.165, 1.54) is 84.0 Å². The van der Waals surface area contributed by atoms with E-state index < -0.39 is 0 Å². The van der Waals surface area contributed by atoms with E-state index in [1.807, 2.05) is 0 Å². The van der Waals surface area contributed by atoms with E-state index in [2.05, 4.69) is 9.80 Å². The van der Waals surface area contributed by atoms with E-state index in [0.29, 0.717) is 5.92 Å². The first-order valence-electron chi connectivity index (χ1n) is 9.47. The summed E-state index contributed by atoms with van der Waals surface area (Å²) in [5.74, 6) is 0.541. The molecule has 122 valence electrons. The highest BCUT2D eigenvalue weighted by atomic mass is 16.3. The number of aliphatic hydroxyl groups is 1. The van der Waals surface area contributed by atoms with Gasteiger partial charge in [0.15, 0.2) is 0 Å². The van der Waals surface area contributed by atoms with Crippen molar-refractivity contribution in [2.24, 2.45) is 5.92 Å². The lowest BCUT2D eigenvalue weighted by molar-refractivity contribution is 0.0478. The van der Waals surface area contributed by atoms with Crippen LogP contribution in [0.5, 0.6) is 0 Å². The van der Waals surface area contributed by atoms with Crippen LogP contribution in [0.4, 0.5) is 0 Å². The number of nitrogens with zero attached hydrogens (tertiary/aromatic N) is 2. The largest absolute Gasteiger partial charge is 0.393 e. The normalized spacial score (nSPS) is 34.7. The lowest BCUT2D eigenvalue weighted by Crippen LogP contribution is -2.48. The molecule has 3 aliphatic rings. The van der Waals surface area contributed by atoms with Crippen LogP contribution in [-0.4, -0.2) is 59.8 Å². The zero-order valence-corrected chi connectivity index (χ0v) is 13.7. The molecule has 2 aliphatic heterocycles. The van der Waals surface area contributed by atoms with Gasteiger partial charge in [0.25, 0.3) is 0 Å². The molecule has 1 aliphatic carbocycles. The monoisotopic (exact) mass is 294 g/mol. The Hall–Kier alpha value is -0.120. The smallest absolute Gasteiger partial charge is 0.0580 e. The van der Waals surface area contributed by atoms with Crippen LogP contribution < -0.4 is 0 Å². The Morgan fingerprint density at radius 3 is 2.14 bits per heavy atom. The van der Waals surface area contributed by atoms with Gasteiger partial charge in [0.2, 0.25) is 0 Å². The molecule has 2 saturated heterocycles. The summed E-state index contributed by atoms with van der Waals surface area (Å²) in [6.07, 6.45) is 13.1. The van der Waals surface area contributed by atoms with Gasteiger partial charge < -0.3 is 14.9 Å². The zero-order valence-electron chi connectivity index (χ0n) is 13.7. The molecule has 2 heterocycles. The van der Waals surface area contributed by atoms with E-state index >= 15 is 0 Å². The van der Waals surface area contributed by atoms with E-state index in [9.17, 15) is 5.11 Å². The predicted molar refractivity (Wildman–Crippen MR) is 87.5 cm³/mol. The van der Waals surface area contributed by atoms with Gasteiger partial charge in [0, 0.05) is 12.6 Å². The highest BCUT2D eigenvalue weighted by Crippen LogP contribution is 2.26. The van der Waals surface area contributed by atoms with Gasteiger partial charge in [0.05, 0.1) is 6.10 Å². The van der Waals surface area contributed by atoms with Crippen LogP contribution in [0.15, 0.2) is 0 Å². The second kappa shape index (κ2) is 7.94. The van der Waals surface area contributed by atoms with Crippen molar-refractivity contribution in [1.29, 1.82) is 0 Å². The molecule has 1 N–H and O–H groups in total. The minimum absolute atomic E-state index is 0.0349. The van der Waals surface area contributed by atoms with Gasteiger partial charge in [-0.1, -0.05) is 25.7 Å².